The van der Waals surface area contributed by atoms with Crippen LogP contribution < -0.4 is 20.5 Å². The van der Waals surface area contributed by atoms with Gasteiger partial charge in [-0.15, -0.1) is 24.0 Å². The van der Waals surface area contributed by atoms with E-state index < -0.39 is 0 Å². The SMILES string of the molecule is CCCNC(N)=NCc1ccc(OCCC)c(OC)c1.I. The molecule has 0 saturated carbocycles. The van der Waals surface area contributed by atoms with E-state index in [0.717, 1.165) is 36.4 Å². The molecule has 0 bridgehead atoms. The molecule has 0 aliphatic carbocycles. The van der Waals surface area contributed by atoms with Crippen molar-refractivity contribution in [3.63, 3.8) is 0 Å². The Hall–Kier alpha value is -1.18. The molecule has 120 valence electrons. The summed E-state index contributed by atoms with van der Waals surface area (Å²) in [7, 11) is 1.64. The first-order chi connectivity index (χ1) is 9.71. The summed E-state index contributed by atoms with van der Waals surface area (Å²) in [6.45, 7) is 6.19. The van der Waals surface area contributed by atoms with Crippen LogP contribution in [0.2, 0.25) is 0 Å². The standard InChI is InChI=1S/C15H25N3O2.HI/c1-4-8-17-15(16)18-11-12-6-7-13(20-9-5-2)14(10-12)19-3;/h6-7,10H,4-5,8-9,11H2,1-3H3,(H3,16,17,18);1H. The Kier molecular flexibility index (Phi) is 10.8. The third kappa shape index (κ3) is 7.40. The van der Waals surface area contributed by atoms with Crippen molar-refractivity contribution < 1.29 is 9.47 Å². The van der Waals surface area contributed by atoms with Crippen molar-refractivity contribution in [3.8, 4) is 11.5 Å². The van der Waals surface area contributed by atoms with Gasteiger partial charge in [-0.25, -0.2) is 4.99 Å². The number of hydrogen-bond donors (Lipinski definition) is 2. The molecule has 5 nitrogen and oxygen atoms in total. The molecule has 6 heteroatoms. The first kappa shape index (κ1) is 19.8. The van der Waals surface area contributed by atoms with Crippen molar-refractivity contribution in [2.45, 2.75) is 33.2 Å². The van der Waals surface area contributed by atoms with Crippen molar-refractivity contribution in [1.82, 2.24) is 5.32 Å². The van der Waals surface area contributed by atoms with Gasteiger partial charge in [0.1, 0.15) is 0 Å². The van der Waals surface area contributed by atoms with E-state index in [4.69, 9.17) is 15.2 Å². The summed E-state index contributed by atoms with van der Waals surface area (Å²) >= 11 is 0. The quantitative estimate of drug-likeness (QED) is 0.395. The molecule has 0 heterocycles. The lowest BCUT2D eigenvalue weighted by atomic mass is 10.2. The van der Waals surface area contributed by atoms with E-state index in [-0.39, 0.29) is 24.0 Å². The molecule has 0 aliphatic heterocycles. The smallest absolute Gasteiger partial charge is 0.188 e. The molecule has 0 aromatic heterocycles. The van der Waals surface area contributed by atoms with Gasteiger partial charge in [0.25, 0.3) is 0 Å². The zero-order valence-electron chi connectivity index (χ0n) is 13.0. The van der Waals surface area contributed by atoms with Gasteiger partial charge in [-0.1, -0.05) is 19.9 Å². The Morgan fingerprint density at radius 3 is 2.62 bits per heavy atom. The molecule has 21 heavy (non-hydrogen) atoms. The van der Waals surface area contributed by atoms with Crippen LogP contribution in [0.4, 0.5) is 0 Å². The van der Waals surface area contributed by atoms with Crippen LogP contribution in [0.25, 0.3) is 0 Å². The summed E-state index contributed by atoms with van der Waals surface area (Å²) in [5.41, 5.74) is 6.79. The van der Waals surface area contributed by atoms with E-state index >= 15 is 0 Å². The molecule has 0 saturated heterocycles. The number of hydrogen-bond acceptors (Lipinski definition) is 3. The number of methoxy groups -OCH3 is 1. The van der Waals surface area contributed by atoms with Crippen LogP contribution in [0.15, 0.2) is 23.2 Å². The van der Waals surface area contributed by atoms with Gasteiger partial charge in [0.05, 0.1) is 20.3 Å². The maximum atomic E-state index is 5.76. The predicted octanol–water partition coefficient (Wildman–Crippen LogP) is 2.92. The Bertz CT molecular complexity index is 439. The highest BCUT2D eigenvalue weighted by Crippen LogP contribution is 2.28. The molecule has 0 unspecified atom stereocenters. The number of nitrogens with one attached hydrogen (secondary N) is 1. The molecule has 0 spiro atoms. The van der Waals surface area contributed by atoms with Crippen LogP contribution in [0.1, 0.15) is 32.3 Å². The lowest BCUT2D eigenvalue weighted by Gasteiger charge is -2.11. The van der Waals surface area contributed by atoms with Crippen LogP contribution in [-0.2, 0) is 6.54 Å². The summed E-state index contributed by atoms with van der Waals surface area (Å²) in [5.74, 6) is 1.96. The van der Waals surface area contributed by atoms with Gasteiger partial charge < -0.3 is 20.5 Å². The minimum absolute atomic E-state index is 0. The normalized spacial score (nSPS) is 10.7. The second kappa shape index (κ2) is 11.5. The molecule has 0 fully saturated rings. The van der Waals surface area contributed by atoms with Crippen molar-refractivity contribution in [2.24, 2.45) is 10.7 Å². The summed E-state index contributed by atoms with van der Waals surface area (Å²) in [5, 5.41) is 3.04. The van der Waals surface area contributed by atoms with Crippen LogP contribution in [0.3, 0.4) is 0 Å². The fourth-order valence-electron chi connectivity index (χ4n) is 1.63. The Morgan fingerprint density at radius 1 is 1.24 bits per heavy atom. The van der Waals surface area contributed by atoms with Crippen molar-refractivity contribution >= 4 is 29.9 Å². The second-order valence-electron chi connectivity index (χ2n) is 4.46. The van der Waals surface area contributed by atoms with Crippen LogP contribution in [0.5, 0.6) is 11.5 Å². The van der Waals surface area contributed by atoms with Crippen molar-refractivity contribution in [2.75, 3.05) is 20.3 Å². The minimum Gasteiger partial charge on any atom is -0.493 e. The lowest BCUT2D eigenvalue weighted by Crippen LogP contribution is -2.32. The highest BCUT2D eigenvalue weighted by Gasteiger charge is 2.05. The molecule has 0 amide bonds. The fourth-order valence-corrected chi connectivity index (χ4v) is 1.63. The fraction of sp³-hybridized carbons (Fsp3) is 0.533. The van der Waals surface area contributed by atoms with E-state index in [1.807, 2.05) is 18.2 Å². The number of guanidine groups is 1. The molecule has 1 aromatic carbocycles. The minimum atomic E-state index is 0. The summed E-state index contributed by atoms with van der Waals surface area (Å²) < 4.78 is 10.9. The highest BCUT2D eigenvalue weighted by atomic mass is 127. The van der Waals surface area contributed by atoms with Gasteiger partial charge in [0, 0.05) is 6.54 Å². The van der Waals surface area contributed by atoms with Crippen molar-refractivity contribution in [1.29, 1.82) is 0 Å². The molecule has 0 radical (unpaired) electrons. The summed E-state index contributed by atoms with van der Waals surface area (Å²) in [4.78, 5) is 4.29. The largest absolute Gasteiger partial charge is 0.493 e. The number of nitrogens with two attached hydrogens (primary N) is 1. The van der Waals surface area contributed by atoms with Gasteiger partial charge >= 0.3 is 0 Å². The summed E-state index contributed by atoms with van der Waals surface area (Å²) in [6.07, 6.45) is 1.99. The predicted molar refractivity (Wildman–Crippen MR) is 97.8 cm³/mol. The zero-order chi connectivity index (χ0) is 14.8. The van der Waals surface area contributed by atoms with E-state index in [1.165, 1.54) is 0 Å². The Balaban J connectivity index is 0.00000400. The molecule has 0 atom stereocenters. The second-order valence-corrected chi connectivity index (χ2v) is 4.46. The van der Waals surface area contributed by atoms with Crippen LogP contribution >= 0.6 is 24.0 Å². The number of halogens is 1. The number of nitrogens with zero attached hydrogens (tertiary/aromatic N) is 1. The van der Waals surface area contributed by atoms with Crippen LogP contribution in [0, 0.1) is 0 Å². The molecule has 1 aromatic rings. The van der Waals surface area contributed by atoms with E-state index in [2.05, 4.69) is 24.2 Å². The zero-order valence-corrected chi connectivity index (χ0v) is 15.3. The molecule has 0 aliphatic rings. The topological polar surface area (TPSA) is 68.9 Å². The van der Waals surface area contributed by atoms with Crippen molar-refractivity contribution in [3.05, 3.63) is 23.8 Å². The monoisotopic (exact) mass is 407 g/mol. The average Bonchev–Trinajstić information content (AvgIpc) is 2.49. The van der Waals surface area contributed by atoms with Gasteiger partial charge in [-0.2, -0.15) is 0 Å². The highest BCUT2D eigenvalue weighted by molar-refractivity contribution is 14.0. The van der Waals surface area contributed by atoms with E-state index in [1.54, 1.807) is 7.11 Å². The molecule has 3 N–H and O–H groups in total. The summed E-state index contributed by atoms with van der Waals surface area (Å²) in [6, 6.07) is 5.82. The molecular formula is C15H26IN3O2. The Labute approximate surface area is 144 Å². The van der Waals surface area contributed by atoms with E-state index in [0.29, 0.717) is 19.1 Å². The van der Waals surface area contributed by atoms with Gasteiger partial charge in [-0.3, -0.25) is 0 Å². The molecular weight excluding hydrogens is 381 g/mol. The first-order valence-corrected chi connectivity index (χ1v) is 7.04. The maximum Gasteiger partial charge on any atom is 0.188 e. The average molecular weight is 407 g/mol. The number of rotatable bonds is 8. The van der Waals surface area contributed by atoms with Gasteiger partial charge in [-0.05, 0) is 30.5 Å². The lowest BCUT2D eigenvalue weighted by molar-refractivity contribution is 0.294. The number of benzene rings is 1. The Morgan fingerprint density at radius 2 is 2.00 bits per heavy atom. The maximum absolute atomic E-state index is 5.76. The van der Waals surface area contributed by atoms with E-state index in [9.17, 15) is 0 Å². The third-order valence-electron chi connectivity index (χ3n) is 2.68. The first-order valence-electron chi connectivity index (χ1n) is 7.04. The molecule has 1 rings (SSSR count). The van der Waals surface area contributed by atoms with Crippen LogP contribution in [-0.4, -0.2) is 26.2 Å². The van der Waals surface area contributed by atoms with Gasteiger partial charge in [0.15, 0.2) is 17.5 Å². The van der Waals surface area contributed by atoms with Gasteiger partial charge in [0.2, 0.25) is 0 Å². The third-order valence-corrected chi connectivity index (χ3v) is 2.68. The number of aliphatic imine (C=N–C) groups is 1. The number of ether oxygens (including phenoxy) is 2.